The maximum absolute atomic E-state index is 12.8. The molecule has 2 aromatic carbocycles. The lowest BCUT2D eigenvalue weighted by atomic mass is 9.98. The highest BCUT2D eigenvalue weighted by atomic mass is 35.5. The van der Waals surface area contributed by atoms with Gasteiger partial charge in [0.1, 0.15) is 10.8 Å². The molecule has 2 heterocycles. The Hall–Kier alpha value is -2.97. The van der Waals surface area contributed by atoms with E-state index in [0.29, 0.717) is 35.1 Å². The number of nitrogens with zero attached hydrogens (tertiary/aromatic N) is 3. The molecule has 7 nitrogen and oxygen atoms in total. The van der Waals surface area contributed by atoms with E-state index in [4.69, 9.17) is 16.3 Å². The van der Waals surface area contributed by atoms with Crippen LogP contribution in [0.15, 0.2) is 48.5 Å². The van der Waals surface area contributed by atoms with Gasteiger partial charge in [0.05, 0.1) is 7.11 Å². The predicted octanol–water partition coefficient (Wildman–Crippen LogP) is 4.79. The summed E-state index contributed by atoms with van der Waals surface area (Å²) in [5, 5.41) is 12.8. The standard InChI is InChI=1S/C24H25ClN4O3S/c1-32-20-10-7-16(8-11-20)9-12-21(30)29-13-3-4-17(15-29)23-27-28-24(33-23)22(31)26-19-6-2-5-18(25)14-19/h2,5-8,10-11,14,17H,3-4,9,12-13,15H2,1H3,(H,26,31)/t17-/m0/s1. The van der Waals surface area contributed by atoms with E-state index in [-0.39, 0.29) is 17.7 Å². The average molecular weight is 485 g/mol. The number of anilines is 1. The first-order valence-electron chi connectivity index (χ1n) is 10.8. The van der Waals surface area contributed by atoms with Gasteiger partial charge >= 0.3 is 0 Å². The van der Waals surface area contributed by atoms with E-state index in [1.807, 2.05) is 29.2 Å². The fraction of sp³-hybridized carbons (Fsp3) is 0.333. The molecule has 1 N–H and O–H groups in total. The largest absolute Gasteiger partial charge is 0.497 e. The lowest BCUT2D eigenvalue weighted by molar-refractivity contribution is -0.132. The Balaban J connectivity index is 1.32. The molecule has 172 valence electrons. The summed E-state index contributed by atoms with van der Waals surface area (Å²) in [6, 6.07) is 14.8. The van der Waals surface area contributed by atoms with Crippen LogP contribution in [-0.2, 0) is 11.2 Å². The van der Waals surface area contributed by atoms with Gasteiger partial charge in [-0.25, -0.2) is 0 Å². The number of ether oxygens (including phenoxy) is 1. The predicted molar refractivity (Wildman–Crippen MR) is 129 cm³/mol. The number of benzene rings is 2. The second kappa shape index (κ2) is 10.8. The minimum Gasteiger partial charge on any atom is -0.497 e. The third-order valence-corrected chi connectivity index (χ3v) is 6.95. The molecule has 9 heteroatoms. The highest BCUT2D eigenvalue weighted by molar-refractivity contribution is 7.13. The summed E-state index contributed by atoms with van der Waals surface area (Å²) in [5.41, 5.74) is 1.72. The second-order valence-corrected chi connectivity index (χ2v) is 9.38. The lowest BCUT2D eigenvalue weighted by Crippen LogP contribution is -2.39. The van der Waals surface area contributed by atoms with E-state index < -0.39 is 0 Å². The molecule has 1 aliphatic rings. The van der Waals surface area contributed by atoms with Crippen molar-refractivity contribution in [1.82, 2.24) is 15.1 Å². The molecule has 0 aliphatic carbocycles. The molecule has 33 heavy (non-hydrogen) atoms. The van der Waals surface area contributed by atoms with Gasteiger partial charge in [-0.15, -0.1) is 10.2 Å². The van der Waals surface area contributed by atoms with Crippen LogP contribution in [0.25, 0.3) is 0 Å². The molecule has 0 saturated carbocycles. The van der Waals surface area contributed by atoms with Crippen LogP contribution in [0.1, 0.15) is 45.6 Å². The summed E-state index contributed by atoms with van der Waals surface area (Å²) in [4.78, 5) is 27.3. The fourth-order valence-electron chi connectivity index (χ4n) is 3.85. The number of likely N-dealkylation sites (tertiary alicyclic amines) is 1. The summed E-state index contributed by atoms with van der Waals surface area (Å²) >= 11 is 7.26. The molecule has 1 aliphatic heterocycles. The van der Waals surface area contributed by atoms with Crippen molar-refractivity contribution < 1.29 is 14.3 Å². The van der Waals surface area contributed by atoms with Crippen molar-refractivity contribution in [3.05, 3.63) is 69.1 Å². The number of carbonyl (C=O) groups is 2. The molecular weight excluding hydrogens is 460 g/mol. The second-order valence-electron chi connectivity index (χ2n) is 7.94. The number of hydrogen-bond acceptors (Lipinski definition) is 6. The zero-order valence-corrected chi connectivity index (χ0v) is 19.9. The Bertz CT molecular complexity index is 1120. The Morgan fingerprint density at radius 2 is 2.03 bits per heavy atom. The van der Waals surface area contributed by atoms with E-state index in [2.05, 4.69) is 15.5 Å². The van der Waals surface area contributed by atoms with Crippen LogP contribution in [0.3, 0.4) is 0 Å². The van der Waals surface area contributed by atoms with Crippen LogP contribution in [-0.4, -0.2) is 47.1 Å². The van der Waals surface area contributed by atoms with Gasteiger partial charge in [0.2, 0.25) is 10.9 Å². The molecule has 1 saturated heterocycles. The topological polar surface area (TPSA) is 84.4 Å². The Kier molecular flexibility index (Phi) is 7.57. The number of hydrogen-bond donors (Lipinski definition) is 1. The van der Waals surface area contributed by atoms with E-state index in [0.717, 1.165) is 35.7 Å². The number of rotatable bonds is 7. The minimum atomic E-state index is -0.316. The van der Waals surface area contributed by atoms with Crippen LogP contribution >= 0.6 is 22.9 Å². The monoisotopic (exact) mass is 484 g/mol. The van der Waals surface area contributed by atoms with E-state index in [9.17, 15) is 9.59 Å². The third kappa shape index (κ3) is 6.09. The van der Waals surface area contributed by atoms with E-state index in [1.54, 1.807) is 31.4 Å². The summed E-state index contributed by atoms with van der Waals surface area (Å²) in [5.74, 6) is 0.721. The number of nitrogens with one attached hydrogen (secondary N) is 1. The van der Waals surface area contributed by atoms with Crippen LogP contribution in [0.2, 0.25) is 5.02 Å². The number of methoxy groups -OCH3 is 1. The average Bonchev–Trinajstić information content (AvgIpc) is 3.34. The van der Waals surface area contributed by atoms with Crippen molar-refractivity contribution in [1.29, 1.82) is 0 Å². The van der Waals surface area contributed by atoms with Crippen LogP contribution in [0, 0.1) is 0 Å². The molecule has 0 bridgehead atoms. The summed E-state index contributed by atoms with van der Waals surface area (Å²) in [6.07, 6.45) is 2.98. The highest BCUT2D eigenvalue weighted by Gasteiger charge is 2.28. The molecular formula is C24H25ClN4O3S. The maximum atomic E-state index is 12.8. The van der Waals surface area contributed by atoms with E-state index >= 15 is 0 Å². The lowest BCUT2D eigenvalue weighted by Gasteiger charge is -2.31. The number of amides is 2. The molecule has 0 unspecified atom stereocenters. The van der Waals surface area contributed by atoms with Crippen molar-refractivity contribution in [2.24, 2.45) is 0 Å². The minimum absolute atomic E-state index is 0.0916. The number of carbonyl (C=O) groups excluding carboxylic acids is 2. The van der Waals surface area contributed by atoms with Gasteiger partial charge in [0.15, 0.2) is 0 Å². The SMILES string of the molecule is COc1ccc(CCC(=O)N2CCC[C@H](c3nnc(C(=O)Nc4cccc(Cl)c4)s3)C2)cc1. The molecule has 1 atom stereocenters. The van der Waals surface area contributed by atoms with Crippen LogP contribution < -0.4 is 10.1 Å². The molecule has 1 fully saturated rings. The number of piperidine rings is 1. The molecule has 2 amide bonds. The first-order chi connectivity index (χ1) is 16.0. The molecule has 1 aromatic heterocycles. The van der Waals surface area contributed by atoms with Crippen molar-refractivity contribution in [2.75, 3.05) is 25.5 Å². The Morgan fingerprint density at radius 1 is 1.21 bits per heavy atom. The number of aryl methyl sites for hydroxylation is 1. The van der Waals surface area contributed by atoms with Gasteiger partial charge in [0, 0.05) is 36.1 Å². The van der Waals surface area contributed by atoms with Gasteiger partial charge in [0.25, 0.3) is 5.91 Å². The Morgan fingerprint density at radius 3 is 2.79 bits per heavy atom. The van der Waals surface area contributed by atoms with Gasteiger partial charge in [-0.05, 0) is 55.2 Å². The molecule has 3 aromatic rings. The number of aromatic nitrogens is 2. The van der Waals surface area contributed by atoms with Crippen molar-refractivity contribution in [2.45, 2.75) is 31.6 Å². The normalized spacial score (nSPS) is 15.8. The van der Waals surface area contributed by atoms with Crippen LogP contribution in [0.4, 0.5) is 5.69 Å². The van der Waals surface area contributed by atoms with Gasteiger partial charge in [-0.2, -0.15) is 0 Å². The smallest absolute Gasteiger partial charge is 0.286 e. The zero-order valence-electron chi connectivity index (χ0n) is 18.3. The van der Waals surface area contributed by atoms with E-state index in [1.165, 1.54) is 11.3 Å². The van der Waals surface area contributed by atoms with Crippen molar-refractivity contribution in [3.63, 3.8) is 0 Å². The van der Waals surface area contributed by atoms with Crippen molar-refractivity contribution in [3.8, 4) is 5.75 Å². The number of halogens is 1. The molecule has 4 rings (SSSR count). The van der Waals surface area contributed by atoms with Crippen molar-refractivity contribution >= 4 is 40.4 Å². The molecule has 0 radical (unpaired) electrons. The van der Waals surface area contributed by atoms with Crippen LogP contribution in [0.5, 0.6) is 5.75 Å². The van der Waals surface area contributed by atoms with Gasteiger partial charge < -0.3 is 15.0 Å². The zero-order chi connectivity index (χ0) is 23.2. The first kappa shape index (κ1) is 23.2. The first-order valence-corrected chi connectivity index (χ1v) is 12.0. The van der Waals surface area contributed by atoms with Gasteiger partial charge in [-0.3, -0.25) is 9.59 Å². The third-order valence-electron chi connectivity index (χ3n) is 5.63. The Labute approximate surface area is 201 Å². The highest BCUT2D eigenvalue weighted by Crippen LogP contribution is 2.30. The fourth-order valence-corrected chi connectivity index (χ4v) is 4.90. The summed E-state index contributed by atoms with van der Waals surface area (Å²) in [6.45, 7) is 1.35. The molecule has 0 spiro atoms. The summed E-state index contributed by atoms with van der Waals surface area (Å²) < 4.78 is 5.18. The van der Waals surface area contributed by atoms with Gasteiger partial charge in [-0.1, -0.05) is 41.1 Å². The maximum Gasteiger partial charge on any atom is 0.286 e. The quantitative estimate of drug-likeness (QED) is 0.521. The summed E-state index contributed by atoms with van der Waals surface area (Å²) in [7, 11) is 1.64.